The van der Waals surface area contributed by atoms with Crippen LogP contribution in [0.15, 0.2) is 42.5 Å². The standard InChI is InChI=1S/C23H33FNO7P/c1-16(21(27)30-14-22(3,4)5)25-33(28,31-15-23(24,29-6)17(2)26)32-20-13-9-11-18-10-7-8-12-19(18)20/h7-13,16-17,26H,14-15H2,1-6H3,(H,25,28)/t16?,17-,23?,33?/m0/s1. The highest BCUT2D eigenvalue weighted by Gasteiger charge is 2.41. The van der Waals surface area contributed by atoms with Gasteiger partial charge in [-0.3, -0.25) is 9.32 Å². The van der Waals surface area contributed by atoms with E-state index in [1.807, 2.05) is 39.0 Å². The minimum atomic E-state index is -4.35. The van der Waals surface area contributed by atoms with Gasteiger partial charge in [0.05, 0.1) is 6.61 Å². The highest BCUT2D eigenvalue weighted by molar-refractivity contribution is 7.52. The van der Waals surface area contributed by atoms with E-state index in [4.69, 9.17) is 18.5 Å². The Balaban J connectivity index is 2.30. The number of alkyl halides is 1. The summed E-state index contributed by atoms with van der Waals surface area (Å²) < 4.78 is 49.5. The number of aliphatic hydroxyl groups excluding tert-OH is 1. The van der Waals surface area contributed by atoms with Gasteiger partial charge < -0.3 is 19.1 Å². The highest BCUT2D eigenvalue weighted by Crippen LogP contribution is 2.47. The zero-order chi connectivity index (χ0) is 24.9. The molecule has 4 atom stereocenters. The molecule has 2 N–H and O–H groups in total. The number of rotatable bonds is 11. The fraction of sp³-hybridized carbons (Fsp3) is 0.522. The number of halogens is 1. The first-order valence-electron chi connectivity index (χ1n) is 10.6. The van der Waals surface area contributed by atoms with Gasteiger partial charge in [0.15, 0.2) is 0 Å². The first-order chi connectivity index (χ1) is 15.3. The zero-order valence-electron chi connectivity index (χ0n) is 19.8. The van der Waals surface area contributed by atoms with Crippen molar-refractivity contribution in [3.63, 3.8) is 0 Å². The molecule has 2 aromatic rings. The van der Waals surface area contributed by atoms with E-state index in [-0.39, 0.29) is 17.8 Å². The van der Waals surface area contributed by atoms with Crippen molar-refractivity contribution in [3.8, 4) is 5.75 Å². The van der Waals surface area contributed by atoms with Crippen molar-refractivity contribution in [2.24, 2.45) is 5.41 Å². The number of nitrogens with one attached hydrogen (secondary N) is 1. The van der Waals surface area contributed by atoms with Gasteiger partial charge in [-0.2, -0.15) is 5.09 Å². The number of hydrogen-bond acceptors (Lipinski definition) is 7. The Hall–Kier alpha value is -2.03. The number of carbonyl (C=O) groups is 1. The van der Waals surface area contributed by atoms with E-state index in [1.54, 1.807) is 24.3 Å². The van der Waals surface area contributed by atoms with Gasteiger partial charge in [-0.05, 0) is 30.7 Å². The average Bonchev–Trinajstić information content (AvgIpc) is 2.75. The van der Waals surface area contributed by atoms with Crippen LogP contribution in [0.2, 0.25) is 0 Å². The lowest BCUT2D eigenvalue weighted by molar-refractivity contribution is -0.202. The molecule has 184 valence electrons. The number of methoxy groups -OCH3 is 1. The van der Waals surface area contributed by atoms with Crippen LogP contribution in [0.25, 0.3) is 10.8 Å². The summed E-state index contributed by atoms with van der Waals surface area (Å²) >= 11 is 0. The Morgan fingerprint density at radius 1 is 1.12 bits per heavy atom. The Morgan fingerprint density at radius 2 is 1.76 bits per heavy atom. The first-order valence-corrected chi connectivity index (χ1v) is 12.1. The number of benzene rings is 2. The third-order valence-electron chi connectivity index (χ3n) is 4.72. The van der Waals surface area contributed by atoms with Crippen LogP contribution in [0.4, 0.5) is 4.39 Å². The number of aliphatic hydroxyl groups is 1. The molecule has 0 spiro atoms. The molecular weight excluding hydrogens is 452 g/mol. The molecule has 10 heteroatoms. The number of esters is 1. The van der Waals surface area contributed by atoms with Gasteiger partial charge in [-0.15, -0.1) is 0 Å². The summed E-state index contributed by atoms with van der Waals surface area (Å²) in [5.74, 6) is -3.11. The van der Waals surface area contributed by atoms with E-state index in [1.165, 1.54) is 13.8 Å². The lowest BCUT2D eigenvalue weighted by Crippen LogP contribution is -2.43. The Labute approximate surface area is 194 Å². The molecule has 0 saturated heterocycles. The van der Waals surface area contributed by atoms with E-state index in [9.17, 15) is 18.9 Å². The van der Waals surface area contributed by atoms with Crippen molar-refractivity contribution in [3.05, 3.63) is 42.5 Å². The van der Waals surface area contributed by atoms with Crippen molar-refractivity contribution in [1.29, 1.82) is 0 Å². The highest BCUT2D eigenvalue weighted by atomic mass is 31.2. The molecule has 8 nitrogen and oxygen atoms in total. The van der Waals surface area contributed by atoms with Crippen LogP contribution >= 0.6 is 7.75 Å². The lowest BCUT2D eigenvalue weighted by Gasteiger charge is -2.29. The molecule has 0 amide bonds. The van der Waals surface area contributed by atoms with Crippen molar-refractivity contribution in [1.82, 2.24) is 5.09 Å². The number of hydrogen-bond donors (Lipinski definition) is 2. The second-order valence-electron chi connectivity index (χ2n) is 9.02. The molecule has 0 bridgehead atoms. The van der Waals surface area contributed by atoms with E-state index < -0.39 is 38.3 Å². The van der Waals surface area contributed by atoms with Crippen LogP contribution in [-0.2, 0) is 23.4 Å². The molecule has 0 saturated carbocycles. The lowest BCUT2D eigenvalue weighted by atomic mass is 9.99. The molecule has 2 rings (SSSR count). The third kappa shape index (κ3) is 7.76. The largest absolute Gasteiger partial charge is 0.464 e. The maximum Gasteiger partial charge on any atom is 0.459 e. The third-order valence-corrected chi connectivity index (χ3v) is 6.33. The van der Waals surface area contributed by atoms with Crippen molar-refractivity contribution < 1.29 is 37.4 Å². The summed E-state index contributed by atoms with van der Waals surface area (Å²) in [6, 6.07) is 11.3. The topological polar surface area (TPSA) is 103 Å². The second-order valence-corrected chi connectivity index (χ2v) is 10.7. The molecular formula is C23H33FNO7P. The quantitative estimate of drug-likeness (QED) is 0.352. The Morgan fingerprint density at radius 3 is 2.36 bits per heavy atom. The number of carbonyl (C=O) groups excluding carboxylic acids is 1. The minimum Gasteiger partial charge on any atom is -0.464 e. The van der Waals surface area contributed by atoms with Gasteiger partial charge in [0.1, 0.15) is 24.5 Å². The predicted octanol–water partition coefficient (Wildman–Crippen LogP) is 4.60. The Kier molecular flexibility index (Phi) is 9.01. The Bertz CT molecular complexity index is 989. The molecule has 0 aliphatic carbocycles. The fourth-order valence-corrected chi connectivity index (χ4v) is 4.24. The molecule has 0 radical (unpaired) electrons. The molecule has 0 aromatic heterocycles. The minimum absolute atomic E-state index is 0.145. The van der Waals surface area contributed by atoms with Crippen LogP contribution < -0.4 is 9.61 Å². The van der Waals surface area contributed by atoms with Crippen LogP contribution in [0.1, 0.15) is 34.6 Å². The first kappa shape index (κ1) is 27.2. The maximum absolute atomic E-state index is 14.8. The molecule has 3 unspecified atom stereocenters. The summed E-state index contributed by atoms with van der Waals surface area (Å²) in [7, 11) is -3.30. The normalized spacial score (nSPS) is 17.6. The van der Waals surface area contributed by atoms with Crippen molar-refractivity contribution in [2.45, 2.75) is 52.6 Å². The average molecular weight is 485 g/mol. The summed E-state index contributed by atoms with van der Waals surface area (Å²) in [5, 5.41) is 13.7. The summed E-state index contributed by atoms with van der Waals surface area (Å²) in [6.07, 6.45) is -1.58. The smallest absolute Gasteiger partial charge is 0.459 e. The molecule has 33 heavy (non-hydrogen) atoms. The number of fused-ring (bicyclic) bond motifs is 1. The van der Waals surface area contributed by atoms with Crippen LogP contribution in [-0.4, -0.2) is 49.4 Å². The summed E-state index contributed by atoms with van der Waals surface area (Å²) in [6.45, 7) is 7.53. The summed E-state index contributed by atoms with van der Waals surface area (Å²) in [4.78, 5) is 12.4. The molecule has 0 aliphatic heterocycles. The second kappa shape index (κ2) is 10.9. The predicted molar refractivity (Wildman–Crippen MR) is 124 cm³/mol. The summed E-state index contributed by atoms with van der Waals surface area (Å²) in [5.41, 5.74) is -0.265. The van der Waals surface area contributed by atoms with Crippen LogP contribution in [0.3, 0.4) is 0 Å². The van der Waals surface area contributed by atoms with Gasteiger partial charge in [0, 0.05) is 12.5 Å². The SMILES string of the molecule is COC(F)(COP(=O)(NC(C)C(=O)OCC(C)(C)C)Oc1cccc2ccccc12)[C@H](C)O. The van der Waals surface area contributed by atoms with Crippen molar-refractivity contribution in [2.75, 3.05) is 20.3 Å². The van der Waals surface area contributed by atoms with Crippen LogP contribution in [0, 0.1) is 5.41 Å². The van der Waals surface area contributed by atoms with Gasteiger partial charge in [0.25, 0.3) is 5.85 Å². The molecule has 0 heterocycles. The van der Waals surface area contributed by atoms with E-state index >= 15 is 0 Å². The van der Waals surface area contributed by atoms with Gasteiger partial charge >= 0.3 is 13.7 Å². The maximum atomic E-state index is 14.8. The molecule has 2 aromatic carbocycles. The fourth-order valence-electron chi connectivity index (χ4n) is 2.72. The van der Waals surface area contributed by atoms with Gasteiger partial charge in [-0.25, -0.2) is 8.96 Å². The van der Waals surface area contributed by atoms with E-state index in [0.717, 1.165) is 12.5 Å². The number of ether oxygens (including phenoxy) is 2. The molecule has 0 aliphatic rings. The molecule has 0 fully saturated rings. The van der Waals surface area contributed by atoms with Crippen molar-refractivity contribution >= 4 is 24.5 Å². The monoisotopic (exact) mass is 485 g/mol. The van der Waals surface area contributed by atoms with Gasteiger partial charge in [0.2, 0.25) is 0 Å². The van der Waals surface area contributed by atoms with E-state index in [0.29, 0.717) is 5.39 Å². The van der Waals surface area contributed by atoms with Gasteiger partial charge in [-0.1, -0.05) is 57.2 Å². The van der Waals surface area contributed by atoms with Crippen LogP contribution in [0.5, 0.6) is 5.75 Å². The van der Waals surface area contributed by atoms with E-state index in [2.05, 4.69) is 5.09 Å². The zero-order valence-corrected chi connectivity index (χ0v) is 20.7.